The zero-order valence-corrected chi connectivity index (χ0v) is 13.6. The van der Waals surface area contributed by atoms with Crippen molar-refractivity contribution < 1.29 is 8.42 Å². The Labute approximate surface area is 131 Å². The SMILES string of the molecule is Cc1ccc(NS(=O)(=O)c2ccc(C#N)cc2)cc1I. The summed E-state index contributed by atoms with van der Waals surface area (Å²) in [7, 11) is -3.63. The lowest BCUT2D eigenvalue weighted by atomic mass is 10.2. The van der Waals surface area contributed by atoms with Gasteiger partial charge in [-0.1, -0.05) is 6.07 Å². The maximum Gasteiger partial charge on any atom is 0.261 e. The highest BCUT2D eigenvalue weighted by Crippen LogP contribution is 2.20. The number of hydrogen-bond acceptors (Lipinski definition) is 3. The number of nitrogens with one attached hydrogen (secondary N) is 1. The first-order valence-corrected chi connectivity index (χ1v) is 8.28. The van der Waals surface area contributed by atoms with Crippen molar-refractivity contribution in [1.82, 2.24) is 0 Å². The standard InChI is InChI=1S/C14H11IN2O2S/c1-10-2-5-12(8-14(10)15)17-20(18,19)13-6-3-11(9-16)4-7-13/h2-8,17H,1H3. The van der Waals surface area contributed by atoms with Gasteiger partial charge < -0.3 is 0 Å². The van der Waals surface area contributed by atoms with E-state index in [9.17, 15) is 8.42 Å². The molecule has 0 saturated heterocycles. The summed E-state index contributed by atoms with van der Waals surface area (Å²) in [4.78, 5) is 0.132. The van der Waals surface area contributed by atoms with E-state index in [0.717, 1.165) is 9.13 Å². The fraction of sp³-hybridized carbons (Fsp3) is 0.0714. The summed E-state index contributed by atoms with van der Waals surface area (Å²) in [5.74, 6) is 0. The lowest BCUT2D eigenvalue weighted by Gasteiger charge is -2.09. The van der Waals surface area contributed by atoms with Crippen LogP contribution in [0.2, 0.25) is 0 Å². The van der Waals surface area contributed by atoms with Gasteiger partial charge in [0.25, 0.3) is 10.0 Å². The second-order valence-corrected chi connectivity index (χ2v) is 7.05. The molecule has 0 heterocycles. The van der Waals surface area contributed by atoms with Gasteiger partial charge in [-0.2, -0.15) is 5.26 Å². The Bertz CT molecular complexity index is 778. The highest BCUT2D eigenvalue weighted by molar-refractivity contribution is 14.1. The lowest BCUT2D eigenvalue weighted by Crippen LogP contribution is -2.13. The van der Waals surface area contributed by atoms with E-state index < -0.39 is 10.0 Å². The highest BCUT2D eigenvalue weighted by Gasteiger charge is 2.14. The van der Waals surface area contributed by atoms with Crippen LogP contribution in [0.3, 0.4) is 0 Å². The van der Waals surface area contributed by atoms with Crippen molar-refractivity contribution in [2.24, 2.45) is 0 Å². The van der Waals surface area contributed by atoms with Crippen molar-refractivity contribution in [2.75, 3.05) is 4.72 Å². The van der Waals surface area contributed by atoms with E-state index in [1.54, 1.807) is 12.1 Å². The van der Waals surface area contributed by atoms with Crippen molar-refractivity contribution in [2.45, 2.75) is 11.8 Å². The van der Waals surface area contributed by atoms with Gasteiger partial charge in [0.15, 0.2) is 0 Å². The first-order chi connectivity index (χ1) is 9.42. The molecule has 0 unspecified atom stereocenters. The van der Waals surface area contributed by atoms with Crippen LogP contribution in [0.1, 0.15) is 11.1 Å². The van der Waals surface area contributed by atoms with Gasteiger partial charge in [-0.3, -0.25) is 4.72 Å². The second kappa shape index (κ2) is 5.81. The summed E-state index contributed by atoms with van der Waals surface area (Å²) in [6.07, 6.45) is 0. The number of sulfonamides is 1. The number of anilines is 1. The monoisotopic (exact) mass is 398 g/mol. The molecule has 4 nitrogen and oxygen atoms in total. The van der Waals surface area contributed by atoms with Gasteiger partial charge in [-0.25, -0.2) is 8.42 Å². The van der Waals surface area contributed by atoms with Gasteiger partial charge in [0.05, 0.1) is 16.5 Å². The van der Waals surface area contributed by atoms with E-state index in [-0.39, 0.29) is 4.90 Å². The maximum atomic E-state index is 12.2. The molecule has 0 spiro atoms. The van der Waals surface area contributed by atoms with Crippen molar-refractivity contribution in [3.05, 3.63) is 57.2 Å². The number of halogens is 1. The number of aryl methyl sites for hydroxylation is 1. The summed E-state index contributed by atoms with van der Waals surface area (Å²) < 4.78 is 27.9. The van der Waals surface area contributed by atoms with E-state index >= 15 is 0 Å². The van der Waals surface area contributed by atoms with Crippen molar-refractivity contribution in [1.29, 1.82) is 5.26 Å². The highest BCUT2D eigenvalue weighted by atomic mass is 127. The molecule has 2 aromatic rings. The average molecular weight is 398 g/mol. The van der Waals surface area contributed by atoms with Crippen LogP contribution in [0.25, 0.3) is 0 Å². The normalized spacial score (nSPS) is 10.8. The molecule has 6 heteroatoms. The zero-order chi connectivity index (χ0) is 14.8. The lowest BCUT2D eigenvalue weighted by molar-refractivity contribution is 0.601. The molecule has 0 radical (unpaired) electrons. The fourth-order valence-electron chi connectivity index (χ4n) is 1.58. The van der Waals surface area contributed by atoms with Gasteiger partial charge in [0, 0.05) is 9.26 Å². The quantitative estimate of drug-likeness (QED) is 0.807. The third kappa shape index (κ3) is 3.29. The molecule has 102 valence electrons. The fourth-order valence-corrected chi connectivity index (χ4v) is 3.14. The predicted octanol–water partition coefficient (Wildman–Crippen LogP) is 3.27. The van der Waals surface area contributed by atoms with E-state index in [1.165, 1.54) is 24.3 Å². The van der Waals surface area contributed by atoms with Gasteiger partial charge in [0.2, 0.25) is 0 Å². The molecule has 0 amide bonds. The molecule has 0 atom stereocenters. The number of benzene rings is 2. The molecule has 0 aliphatic rings. The van der Waals surface area contributed by atoms with E-state index in [0.29, 0.717) is 11.3 Å². The molecule has 1 N–H and O–H groups in total. The first kappa shape index (κ1) is 14.8. The van der Waals surface area contributed by atoms with Crippen molar-refractivity contribution >= 4 is 38.3 Å². The third-order valence-corrected chi connectivity index (χ3v) is 5.28. The van der Waals surface area contributed by atoms with Gasteiger partial charge in [0.1, 0.15) is 0 Å². The van der Waals surface area contributed by atoms with Crippen molar-refractivity contribution in [3.8, 4) is 6.07 Å². The molecule has 2 aromatic carbocycles. The van der Waals surface area contributed by atoms with Crippen LogP contribution in [-0.4, -0.2) is 8.42 Å². The number of nitrogens with zero attached hydrogens (tertiary/aromatic N) is 1. The van der Waals surface area contributed by atoms with E-state index in [1.807, 2.05) is 19.1 Å². The van der Waals surface area contributed by atoms with Gasteiger partial charge >= 0.3 is 0 Å². The number of nitriles is 1. The Hall–Kier alpha value is -1.59. The Kier molecular flexibility index (Phi) is 4.30. The Morgan fingerprint density at radius 2 is 1.80 bits per heavy atom. The van der Waals surface area contributed by atoms with Crippen LogP contribution in [0.15, 0.2) is 47.4 Å². The molecule has 0 fully saturated rings. The van der Waals surface area contributed by atoms with Crippen LogP contribution in [0.4, 0.5) is 5.69 Å². The molecular formula is C14H11IN2O2S. The minimum atomic E-state index is -3.63. The number of rotatable bonds is 3. The van der Waals surface area contributed by atoms with Crippen LogP contribution in [0.5, 0.6) is 0 Å². The third-order valence-electron chi connectivity index (χ3n) is 2.72. The second-order valence-electron chi connectivity index (χ2n) is 4.21. The first-order valence-electron chi connectivity index (χ1n) is 5.71. The summed E-state index contributed by atoms with van der Waals surface area (Å²) in [5.41, 5.74) is 2.03. The molecule has 2 rings (SSSR count). The molecular weight excluding hydrogens is 387 g/mol. The summed E-state index contributed by atoms with van der Waals surface area (Å²) in [6.45, 7) is 1.96. The van der Waals surface area contributed by atoms with Crippen LogP contribution in [0, 0.1) is 21.8 Å². The number of hydrogen-bond donors (Lipinski definition) is 1. The molecule has 0 bridgehead atoms. The summed E-state index contributed by atoms with van der Waals surface area (Å²) in [5, 5.41) is 8.71. The maximum absolute atomic E-state index is 12.2. The topological polar surface area (TPSA) is 70.0 Å². The largest absolute Gasteiger partial charge is 0.280 e. The Morgan fingerprint density at radius 1 is 1.15 bits per heavy atom. The molecule has 20 heavy (non-hydrogen) atoms. The molecule has 0 aromatic heterocycles. The molecule has 0 aliphatic heterocycles. The van der Waals surface area contributed by atoms with Crippen LogP contribution >= 0.6 is 22.6 Å². The molecule has 0 aliphatic carbocycles. The van der Waals surface area contributed by atoms with E-state index in [2.05, 4.69) is 27.3 Å². The van der Waals surface area contributed by atoms with Crippen LogP contribution < -0.4 is 4.72 Å². The minimum absolute atomic E-state index is 0.132. The Balaban J connectivity index is 2.30. The minimum Gasteiger partial charge on any atom is -0.280 e. The Morgan fingerprint density at radius 3 is 2.35 bits per heavy atom. The predicted molar refractivity (Wildman–Crippen MR) is 85.9 cm³/mol. The summed E-state index contributed by atoms with van der Waals surface area (Å²) >= 11 is 2.15. The molecule has 0 saturated carbocycles. The van der Waals surface area contributed by atoms with Gasteiger partial charge in [-0.15, -0.1) is 0 Å². The average Bonchev–Trinajstić information content (AvgIpc) is 2.43. The van der Waals surface area contributed by atoms with Gasteiger partial charge in [-0.05, 0) is 71.5 Å². The summed E-state index contributed by atoms with van der Waals surface area (Å²) in [6, 6.07) is 13.1. The smallest absolute Gasteiger partial charge is 0.261 e. The zero-order valence-electron chi connectivity index (χ0n) is 10.6. The van der Waals surface area contributed by atoms with Crippen LogP contribution in [-0.2, 0) is 10.0 Å². The van der Waals surface area contributed by atoms with Crippen molar-refractivity contribution in [3.63, 3.8) is 0 Å². The van der Waals surface area contributed by atoms with E-state index in [4.69, 9.17) is 5.26 Å².